The van der Waals surface area contributed by atoms with E-state index < -0.39 is 29.6 Å². The molecule has 0 saturated carbocycles. The Morgan fingerprint density at radius 3 is 2.59 bits per heavy atom. The van der Waals surface area contributed by atoms with Gasteiger partial charge in [-0.15, -0.1) is 0 Å². The Morgan fingerprint density at radius 2 is 1.93 bits per heavy atom. The van der Waals surface area contributed by atoms with E-state index in [1.54, 1.807) is 20.0 Å². The minimum absolute atomic E-state index is 0.0963. The van der Waals surface area contributed by atoms with Gasteiger partial charge in [0.2, 0.25) is 5.78 Å². The number of amides is 3. The fraction of sp³-hybridized carbons (Fsp3) is 0.368. The summed E-state index contributed by atoms with van der Waals surface area (Å²) in [5.41, 5.74) is 0.279. The van der Waals surface area contributed by atoms with Crippen molar-refractivity contribution < 1.29 is 23.9 Å². The summed E-state index contributed by atoms with van der Waals surface area (Å²) in [7, 11) is 0. The van der Waals surface area contributed by atoms with Gasteiger partial charge in [-0.25, -0.2) is 4.79 Å². The number of carbonyl (C=O) groups is 4. The molecule has 27 heavy (non-hydrogen) atoms. The first-order chi connectivity index (χ1) is 12.7. The third kappa shape index (κ3) is 3.55. The van der Waals surface area contributed by atoms with Crippen molar-refractivity contribution in [1.82, 2.24) is 15.2 Å². The molecule has 0 spiro atoms. The lowest BCUT2D eigenvalue weighted by molar-refractivity contribution is -0.146. The maximum atomic E-state index is 12.6. The van der Waals surface area contributed by atoms with Crippen LogP contribution >= 0.6 is 0 Å². The van der Waals surface area contributed by atoms with Crippen molar-refractivity contribution in [2.45, 2.75) is 38.8 Å². The van der Waals surface area contributed by atoms with Crippen molar-refractivity contribution in [3.05, 3.63) is 36.0 Å². The number of urea groups is 1. The molecular weight excluding hydrogens is 350 g/mol. The molecule has 2 heterocycles. The van der Waals surface area contributed by atoms with Crippen molar-refractivity contribution in [2.75, 3.05) is 6.54 Å². The fourth-order valence-electron chi connectivity index (χ4n) is 3.03. The fourth-order valence-corrected chi connectivity index (χ4v) is 3.03. The average Bonchev–Trinajstić information content (AvgIpc) is 3.12. The summed E-state index contributed by atoms with van der Waals surface area (Å²) in [6.07, 6.45) is 0.434. The highest BCUT2D eigenvalue weighted by molar-refractivity contribution is 6.10. The van der Waals surface area contributed by atoms with Crippen LogP contribution in [0.3, 0.4) is 0 Å². The van der Waals surface area contributed by atoms with Gasteiger partial charge in [-0.1, -0.05) is 18.2 Å². The van der Waals surface area contributed by atoms with Gasteiger partial charge in [-0.3, -0.25) is 19.3 Å². The van der Waals surface area contributed by atoms with Crippen molar-refractivity contribution in [1.29, 1.82) is 0 Å². The summed E-state index contributed by atoms with van der Waals surface area (Å²) in [6.45, 7) is 4.58. The highest BCUT2D eigenvalue weighted by atomic mass is 16.5. The number of nitrogens with zero attached hydrogens (tertiary/aromatic N) is 1. The standard InChI is InChI=1S/C19H21N3O5/c1-11(16(24)13-10-20-14-7-5-4-6-12(13)14)27-15(23)8-9-22-17(25)19(2,3)21-18(22)26/h4-7,10-11,20H,8-9H2,1-3H3,(H,21,26)/t11-/m1/s1. The first kappa shape index (κ1) is 18.6. The second-order valence-corrected chi connectivity index (χ2v) is 7.01. The molecule has 2 aromatic rings. The zero-order valence-corrected chi connectivity index (χ0v) is 15.4. The van der Waals surface area contributed by atoms with Gasteiger partial charge in [0.05, 0.1) is 6.42 Å². The number of carbonyl (C=O) groups excluding carboxylic acids is 4. The van der Waals surface area contributed by atoms with E-state index in [4.69, 9.17) is 4.74 Å². The second kappa shape index (κ2) is 6.86. The minimum atomic E-state index is -0.987. The molecule has 1 fully saturated rings. The number of ether oxygens (including phenoxy) is 1. The highest BCUT2D eigenvalue weighted by Gasteiger charge is 2.44. The van der Waals surface area contributed by atoms with Crippen molar-refractivity contribution in [2.24, 2.45) is 0 Å². The molecule has 1 aliphatic heterocycles. The summed E-state index contributed by atoms with van der Waals surface area (Å²) >= 11 is 0. The Labute approximate surface area is 155 Å². The van der Waals surface area contributed by atoms with E-state index in [0.29, 0.717) is 5.56 Å². The van der Waals surface area contributed by atoms with E-state index in [1.807, 2.05) is 24.3 Å². The first-order valence-electron chi connectivity index (χ1n) is 8.64. The molecule has 0 bridgehead atoms. The molecule has 1 saturated heterocycles. The van der Waals surface area contributed by atoms with E-state index in [0.717, 1.165) is 15.8 Å². The van der Waals surface area contributed by atoms with Crippen LogP contribution in [-0.4, -0.2) is 51.8 Å². The Balaban J connectivity index is 1.58. The predicted molar refractivity (Wildman–Crippen MR) is 97.1 cm³/mol. The number of benzene rings is 1. The molecular formula is C19H21N3O5. The molecule has 8 heteroatoms. The lowest BCUT2D eigenvalue weighted by Crippen LogP contribution is -2.40. The molecule has 2 N–H and O–H groups in total. The first-order valence-corrected chi connectivity index (χ1v) is 8.64. The van der Waals surface area contributed by atoms with Crippen LogP contribution < -0.4 is 5.32 Å². The Morgan fingerprint density at radius 1 is 1.22 bits per heavy atom. The lowest BCUT2D eigenvalue weighted by Gasteiger charge is -2.16. The van der Waals surface area contributed by atoms with E-state index in [1.165, 1.54) is 6.92 Å². The monoisotopic (exact) mass is 371 g/mol. The molecule has 8 nitrogen and oxygen atoms in total. The van der Waals surface area contributed by atoms with Crippen LogP contribution in [0.25, 0.3) is 10.9 Å². The molecule has 1 atom stereocenters. The molecule has 142 valence electrons. The Bertz CT molecular complexity index is 930. The maximum absolute atomic E-state index is 12.6. The maximum Gasteiger partial charge on any atom is 0.325 e. The predicted octanol–water partition coefficient (Wildman–Crippen LogP) is 2.00. The minimum Gasteiger partial charge on any atom is -0.454 e. The number of aromatic amines is 1. The van der Waals surface area contributed by atoms with E-state index in [-0.39, 0.29) is 18.7 Å². The quantitative estimate of drug-likeness (QED) is 0.459. The van der Waals surface area contributed by atoms with Crippen LogP contribution in [0.4, 0.5) is 4.79 Å². The number of ketones is 1. The van der Waals surface area contributed by atoms with E-state index >= 15 is 0 Å². The smallest absolute Gasteiger partial charge is 0.325 e. The molecule has 1 aromatic heterocycles. The largest absolute Gasteiger partial charge is 0.454 e. The topological polar surface area (TPSA) is 109 Å². The van der Waals surface area contributed by atoms with Gasteiger partial charge in [0.15, 0.2) is 6.10 Å². The highest BCUT2D eigenvalue weighted by Crippen LogP contribution is 2.20. The second-order valence-electron chi connectivity index (χ2n) is 7.01. The van der Waals surface area contributed by atoms with Crippen LogP contribution in [0.15, 0.2) is 30.5 Å². The van der Waals surface area contributed by atoms with Crippen molar-refractivity contribution >= 4 is 34.6 Å². The van der Waals surface area contributed by atoms with Crippen LogP contribution in [-0.2, 0) is 14.3 Å². The van der Waals surface area contributed by atoms with E-state index in [2.05, 4.69) is 10.3 Å². The number of para-hydroxylation sites is 1. The van der Waals surface area contributed by atoms with Crippen molar-refractivity contribution in [3.63, 3.8) is 0 Å². The summed E-state index contributed by atoms with van der Waals surface area (Å²) in [5.74, 6) is -1.37. The molecule has 1 aliphatic rings. The van der Waals surface area contributed by atoms with Gasteiger partial charge in [-0.05, 0) is 26.8 Å². The van der Waals surface area contributed by atoms with Crippen LogP contribution in [0.1, 0.15) is 37.6 Å². The van der Waals surface area contributed by atoms with Gasteiger partial charge in [0.25, 0.3) is 5.91 Å². The van der Waals surface area contributed by atoms with Crippen molar-refractivity contribution in [3.8, 4) is 0 Å². The van der Waals surface area contributed by atoms with Gasteiger partial charge < -0.3 is 15.0 Å². The molecule has 0 unspecified atom stereocenters. The van der Waals surface area contributed by atoms with Gasteiger partial charge >= 0.3 is 12.0 Å². The molecule has 0 radical (unpaired) electrons. The number of aromatic nitrogens is 1. The number of H-pyrrole nitrogens is 1. The van der Waals surface area contributed by atoms with Gasteiger partial charge in [0.1, 0.15) is 5.54 Å². The molecule has 3 amide bonds. The number of Topliss-reactive ketones (excluding diaryl/α,β-unsaturated/α-hetero) is 1. The van der Waals surface area contributed by atoms with Crippen LogP contribution in [0, 0.1) is 0 Å². The summed E-state index contributed by atoms with van der Waals surface area (Å²) in [5, 5.41) is 3.30. The average molecular weight is 371 g/mol. The zero-order valence-electron chi connectivity index (χ0n) is 15.4. The summed E-state index contributed by atoms with van der Waals surface area (Å²) < 4.78 is 5.20. The lowest BCUT2D eigenvalue weighted by atomic mass is 10.1. The van der Waals surface area contributed by atoms with Gasteiger partial charge in [-0.2, -0.15) is 0 Å². The number of nitrogens with one attached hydrogen (secondary N) is 2. The van der Waals surface area contributed by atoms with Crippen LogP contribution in [0.5, 0.6) is 0 Å². The third-order valence-electron chi connectivity index (χ3n) is 4.52. The normalized spacial score (nSPS) is 17.1. The zero-order chi connectivity index (χ0) is 19.8. The third-order valence-corrected chi connectivity index (χ3v) is 4.52. The molecule has 1 aromatic carbocycles. The SMILES string of the molecule is C[C@@H](OC(=O)CCN1C(=O)NC(C)(C)C1=O)C(=O)c1c[nH]c2ccccc12. The number of fused-ring (bicyclic) bond motifs is 1. The number of hydrogen-bond donors (Lipinski definition) is 2. The number of esters is 1. The molecule has 0 aliphatic carbocycles. The molecule has 3 rings (SSSR count). The Hall–Kier alpha value is -3.16. The van der Waals surface area contributed by atoms with Gasteiger partial charge in [0, 0.05) is 29.2 Å². The Kier molecular flexibility index (Phi) is 4.73. The number of hydrogen-bond acceptors (Lipinski definition) is 5. The number of rotatable bonds is 6. The summed E-state index contributed by atoms with van der Waals surface area (Å²) in [6, 6.07) is 6.80. The number of imide groups is 1. The summed E-state index contributed by atoms with van der Waals surface area (Å²) in [4.78, 5) is 52.5. The van der Waals surface area contributed by atoms with E-state index in [9.17, 15) is 19.2 Å². The van der Waals surface area contributed by atoms with Crippen LogP contribution in [0.2, 0.25) is 0 Å².